The van der Waals surface area contributed by atoms with Gasteiger partial charge in [0.15, 0.2) is 0 Å². The molecular formula is C12H12N2O2. The SMILES string of the molecule is CNN=C(C)c1cc2ccccc2oc1=O. The van der Waals surface area contributed by atoms with E-state index in [4.69, 9.17) is 4.42 Å². The summed E-state index contributed by atoms with van der Waals surface area (Å²) < 4.78 is 5.20. The summed E-state index contributed by atoms with van der Waals surface area (Å²) in [7, 11) is 1.69. The quantitative estimate of drug-likeness (QED) is 0.472. The van der Waals surface area contributed by atoms with E-state index >= 15 is 0 Å². The Morgan fingerprint density at radius 1 is 1.38 bits per heavy atom. The maximum absolute atomic E-state index is 11.7. The molecule has 1 aromatic heterocycles. The lowest BCUT2D eigenvalue weighted by Gasteiger charge is -2.01. The summed E-state index contributed by atoms with van der Waals surface area (Å²) >= 11 is 0. The Hall–Kier alpha value is -2.10. The average molecular weight is 216 g/mol. The van der Waals surface area contributed by atoms with E-state index in [0.717, 1.165) is 5.39 Å². The molecule has 16 heavy (non-hydrogen) atoms. The van der Waals surface area contributed by atoms with Crippen molar-refractivity contribution in [2.24, 2.45) is 5.10 Å². The van der Waals surface area contributed by atoms with Gasteiger partial charge >= 0.3 is 5.63 Å². The largest absolute Gasteiger partial charge is 0.422 e. The Morgan fingerprint density at radius 2 is 2.12 bits per heavy atom. The first-order valence-corrected chi connectivity index (χ1v) is 4.96. The molecule has 2 aromatic rings. The van der Waals surface area contributed by atoms with Crippen molar-refractivity contribution in [1.29, 1.82) is 0 Å². The van der Waals surface area contributed by atoms with Crippen LogP contribution in [0.15, 0.2) is 44.6 Å². The molecule has 0 unspecified atom stereocenters. The zero-order valence-corrected chi connectivity index (χ0v) is 9.15. The second-order valence-corrected chi connectivity index (χ2v) is 3.41. The van der Waals surface area contributed by atoms with E-state index in [9.17, 15) is 4.79 Å². The molecule has 0 bridgehead atoms. The van der Waals surface area contributed by atoms with E-state index in [1.165, 1.54) is 0 Å². The fourth-order valence-electron chi connectivity index (χ4n) is 1.54. The van der Waals surface area contributed by atoms with Crippen molar-refractivity contribution in [2.75, 3.05) is 7.05 Å². The van der Waals surface area contributed by atoms with Crippen molar-refractivity contribution >= 4 is 16.7 Å². The van der Waals surface area contributed by atoms with E-state index < -0.39 is 0 Å². The van der Waals surface area contributed by atoms with Crippen LogP contribution in [0.5, 0.6) is 0 Å². The molecule has 1 heterocycles. The Labute approximate surface area is 92.6 Å². The molecule has 4 heteroatoms. The van der Waals surface area contributed by atoms with Crippen molar-refractivity contribution in [2.45, 2.75) is 6.92 Å². The first-order valence-electron chi connectivity index (χ1n) is 4.96. The van der Waals surface area contributed by atoms with Crippen LogP contribution in [0.4, 0.5) is 0 Å². The first-order chi connectivity index (χ1) is 7.72. The predicted molar refractivity (Wildman–Crippen MR) is 63.8 cm³/mol. The Kier molecular flexibility index (Phi) is 2.72. The summed E-state index contributed by atoms with van der Waals surface area (Å²) in [5.74, 6) is 0. The monoisotopic (exact) mass is 216 g/mol. The smallest absolute Gasteiger partial charge is 0.345 e. The number of nitrogens with one attached hydrogen (secondary N) is 1. The van der Waals surface area contributed by atoms with Gasteiger partial charge in [0.2, 0.25) is 0 Å². The van der Waals surface area contributed by atoms with E-state index in [1.807, 2.05) is 18.2 Å². The molecule has 0 atom stereocenters. The Bertz CT molecular complexity index is 599. The molecule has 0 saturated carbocycles. The van der Waals surface area contributed by atoms with Crippen LogP contribution in [0, 0.1) is 0 Å². The highest BCUT2D eigenvalue weighted by atomic mass is 16.4. The zero-order valence-electron chi connectivity index (χ0n) is 9.15. The highest BCUT2D eigenvalue weighted by molar-refractivity contribution is 6.00. The third kappa shape index (κ3) is 1.82. The molecule has 0 aliphatic carbocycles. The number of para-hydroxylation sites is 1. The minimum Gasteiger partial charge on any atom is -0.422 e. The fraction of sp³-hybridized carbons (Fsp3) is 0.167. The van der Waals surface area contributed by atoms with Crippen LogP contribution in [-0.2, 0) is 0 Å². The molecule has 0 saturated heterocycles. The molecule has 0 amide bonds. The van der Waals surface area contributed by atoms with E-state index in [2.05, 4.69) is 10.5 Å². The van der Waals surface area contributed by atoms with Gasteiger partial charge in [0.1, 0.15) is 5.58 Å². The second-order valence-electron chi connectivity index (χ2n) is 3.41. The van der Waals surface area contributed by atoms with Crippen molar-refractivity contribution in [3.63, 3.8) is 0 Å². The van der Waals surface area contributed by atoms with Crippen molar-refractivity contribution in [3.05, 3.63) is 46.3 Å². The second kappa shape index (κ2) is 4.18. The van der Waals surface area contributed by atoms with Crippen molar-refractivity contribution in [3.8, 4) is 0 Å². The number of hydrazone groups is 1. The Balaban J connectivity index is 2.68. The topological polar surface area (TPSA) is 54.6 Å². The van der Waals surface area contributed by atoms with Gasteiger partial charge in [-0.2, -0.15) is 5.10 Å². The molecule has 0 aliphatic heterocycles. The highest BCUT2D eigenvalue weighted by Gasteiger charge is 2.07. The maximum Gasteiger partial charge on any atom is 0.345 e. The van der Waals surface area contributed by atoms with Crippen LogP contribution < -0.4 is 11.1 Å². The standard InChI is InChI=1S/C12H12N2O2/c1-8(14-13-2)10-7-9-5-3-4-6-11(9)16-12(10)15/h3-7,13H,1-2H3. The normalized spacial score (nSPS) is 11.8. The van der Waals surface area contributed by atoms with Gasteiger partial charge in [-0.05, 0) is 19.1 Å². The third-order valence-electron chi connectivity index (χ3n) is 2.31. The summed E-state index contributed by atoms with van der Waals surface area (Å²) in [4.78, 5) is 11.7. The van der Waals surface area contributed by atoms with Gasteiger partial charge in [-0.15, -0.1) is 0 Å². The summed E-state index contributed by atoms with van der Waals surface area (Å²) in [5.41, 5.74) is 3.97. The van der Waals surface area contributed by atoms with Crippen LogP contribution in [-0.4, -0.2) is 12.8 Å². The minimum absolute atomic E-state index is 0.366. The minimum atomic E-state index is -0.366. The zero-order chi connectivity index (χ0) is 11.5. The summed E-state index contributed by atoms with van der Waals surface area (Å²) in [6, 6.07) is 9.19. The lowest BCUT2D eigenvalue weighted by Crippen LogP contribution is -2.14. The first kappa shape index (κ1) is 10.4. The maximum atomic E-state index is 11.7. The van der Waals surface area contributed by atoms with E-state index in [0.29, 0.717) is 16.9 Å². The Morgan fingerprint density at radius 3 is 2.88 bits per heavy atom. The number of hydrogen-bond acceptors (Lipinski definition) is 4. The lowest BCUT2D eigenvalue weighted by molar-refractivity contribution is 0.559. The molecule has 1 aromatic carbocycles. The molecule has 1 N–H and O–H groups in total. The highest BCUT2D eigenvalue weighted by Crippen LogP contribution is 2.12. The van der Waals surface area contributed by atoms with Gasteiger partial charge in [0, 0.05) is 12.4 Å². The number of rotatable bonds is 2. The summed E-state index contributed by atoms with van der Waals surface area (Å²) in [6.45, 7) is 1.76. The number of fused-ring (bicyclic) bond motifs is 1. The van der Waals surface area contributed by atoms with E-state index in [-0.39, 0.29) is 5.63 Å². The van der Waals surface area contributed by atoms with Gasteiger partial charge < -0.3 is 9.84 Å². The number of benzene rings is 1. The summed E-state index contributed by atoms with van der Waals surface area (Å²) in [5, 5.41) is 4.86. The van der Waals surface area contributed by atoms with Crippen LogP contribution in [0.3, 0.4) is 0 Å². The van der Waals surface area contributed by atoms with Crippen LogP contribution in [0.25, 0.3) is 11.0 Å². The van der Waals surface area contributed by atoms with Crippen LogP contribution in [0.1, 0.15) is 12.5 Å². The van der Waals surface area contributed by atoms with E-state index in [1.54, 1.807) is 26.1 Å². The van der Waals surface area contributed by atoms with Crippen LogP contribution in [0.2, 0.25) is 0 Å². The number of hydrogen-bond donors (Lipinski definition) is 1. The van der Waals surface area contributed by atoms with Gasteiger partial charge in [-0.25, -0.2) is 4.79 Å². The molecule has 0 aliphatic rings. The van der Waals surface area contributed by atoms with Gasteiger partial charge in [0.05, 0.1) is 11.3 Å². The predicted octanol–water partition coefficient (Wildman–Crippen LogP) is 1.74. The fourth-order valence-corrected chi connectivity index (χ4v) is 1.54. The van der Waals surface area contributed by atoms with Crippen LogP contribution >= 0.6 is 0 Å². The summed E-state index contributed by atoms with van der Waals surface area (Å²) in [6.07, 6.45) is 0. The molecule has 0 radical (unpaired) electrons. The molecular weight excluding hydrogens is 204 g/mol. The molecule has 0 fully saturated rings. The van der Waals surface area contributed by atoms with Gasteiger partial charge in [0.25, 0.3) is 0 Å². The molecule has 82 valence electrons. The van der Waals surface area contributed by atoms with Crippen molar-refractivity contribution < 1.29 is 4.42 Å². The lowest BCUT2D eigenvalue weighted by atomic mass is 10.1. The van der Waals surface area contributed by atoms with Gasteiger partial charge in [-0.1, -0.05) is 18.2 Å². The van der Waals surface area contributed by atoms with Gasteiger partial charge in [-0.3, -0.25) is 0 Å². The molecule has 4 nitrogen and oxygen atoms in total. The molecule has 2 rings (SSSR count). The molecule has 0 spiro atoms. The number of nitrogens with zero attached hydrogens (tertiary/aromatic N) is 1. The van der Waals surface area contributed by atoms with Crippen molar-refractivity contribution in [1.82, 2.24) is 5.43 Å². The average Bonchev–Trinajstić information content (AvgIpc) is 2.28. The third-order valence-corrected chi connectivity index (χ3v) is 2.31.